The summed E-state index contributed by atoms with van der Waals surface area (Å²) in [5.74, 6) is -1.03. The second-order valence-electron chi connectivity index (χ2n) is 8.73. The Labute approximate surface area is 231 Å². The summed E-state index contributed by atoms with van der Waals surface area (Å²) in [6.07, 6.45) is 0. The van der Waals surface area contributed by atoms with Crippen LogP contribution in [0.4, 0.5) is 10.1 Å². The third-order valence-electron chi connectivity index (χ3n) is 6.30. The molecule has 0 spiro atoms. The molecule has 0 radical (unpaired) electrons. The number of nitrogens with zero attached hydrogens (tertiary/aromatic N) is 3. The van der Waals surface area contributed by atoms with Crippen LogP contribution in [-0.4, -0.2) is 56.3 Å². The first-order chi connectivity index (χ1) is 17.6. The third kappa shape index (κ3) is 6.38. The second kappa shape index (κ2) is 11.6. The van der Waals surface area contributed by atoms with Crippen molar-refractivity contribution in [1.29, 1.82) is 0 Å². The SMILES string of the molecule is Cc1ccc(Cl)cc1N1CCN(C(=O)CN(Cc2c(F)cccc2Cl)S(=O)(=O)c2ccc(Cl)cc2)CC1. The van der Waals surface area contributed by atoms with Crippen molar-refractivity contribution < 1.29 is 17.6 Å². The van der Waals surface area contributed by atoms with E-state index in [1.807, 2.05) is 25.1 Å². The quantitative estimate of drug-likeness (QED) is 0.361. The van der Waals surface area contributed by atoms with Crippen LogP contribution in [0.5, 0.6) is 0 Å². The normalized spacial score (nSPS) is 14.3. The highest BCUT2D eigenvalue weighted by Crippen LogP contribution is 2.27. The Hall–Kier alpha value is -2.36. The molecule has 11 heteroatoms. The van der Waals surface area contributed by atoms with Crippen molar-refractivity contribution >= 4 is 56.4 Å². The van der Waals surface area contributed by atoms with E-state index in [4.69, 9.17) is 34.8 Å². The van der Waals surface area contributed by atoms with Crippen LogP contribution in [0, 0.1) is 12.7 Å². The Balaban J connectivity index is 1.54. The molecule has 3 aromatic carbocycles. The predicted molar refractivity (Wildman–Crippen MR) is 145 cm³/mol. The molecule has 1 aliphatic heterocycles. The number of carbonyl (C=O) groups is 1. The molecule has 196 valence electrons. The number of sulfonamides is 1. The highest BCUT2D eigenvalue weighted by atomic mass is 35.5. The van der Waals surface area contributed by atoms with Gasteiger partial charge in [-0.05, 0) is 61.0 Å². The average molecular weight is 585 g/mol. The van der Waals surface area contributed by atoms with Crippen molar-refractivity contribution in [3.8, 4) is 0 Å². The van der Waals surface area contributed by atoms with Crippen molar-refractivity contribution in [2.45, 2.75) is 18.4 Å². The number of piperazine rings is 1. The maximum absolute atomic E-state index is 14.6. The zero-order valence-electron chi connectivity index (χ0n) is 20.0. The molecule has 0 saturated carbocycles. The highest BCUT2D eigenvalue weighted by Gasteiger charge is 2.31. The van der Waals surface area contributed by atoms with Crippen LogP contribution in [0.15, 0.2) is 65.6 Å². The smallest absolute Gasteiger partial charge is 0.243 e. The van der Waals surface area contributed by atoms with Crippen LogP contribution in [0.3, 0.4) is 0 Å². The molecule has 3 aromatic rings. The van der Waals surface area contributed by atoms with Gasteiger partial charge in [-0.2, -0.15) is 4.31 Å². The highest BCUT2D eigenvalue weighted by molar-refractivity contribution is 7.89. The molecule has 1 saturated heterocycles. The van der Waals surface area contributed by atoms with Gasteiger partial charge in [0.05, 0.1) is 11.4 Å². The van der Waals surface area contributed by atoms with Crippen LogP contribution < -0.4 is 4.90 Å². The summed E-state index contributed by atoms with van der Waals surface area (Å²) in [5, 5.41) is 1.08. The second-order valence-corrected chi connectivity index (χ2v) is 11.9. The zero-order chi connectivity index (χ0) is 26.7. The molecule has 0 unspecified atom stereocenters. The monoisotopic (exact) mass is 583 g/mol. The summed E-state index contributed by atoms with van der Waals surface area (Å²) < 4.78 is 42.6. The first-order valence-corrected chi connectivity index (χ1v) is 14.1. The van der Waals surface area contributed by atoms with Crippen LogP contribution in [0.1, 0.15) is 11.1 Å². The molecule has 1 amide bonds. The Kier molecular flexibility index (Phi) is 8.66. The molecule has 6 nitrogen and oxygen atoms in total. The van der Waals surface area contributed by atoms with Crippen molar-refractivity contribution in [3.05, 3.63) is 92.7 Å². The predicted octanol–water partition coefficient (Wildman–Crippen LogP) is 5.63. The molecule has 1 aliphatic rings. The number of halogens is 4. The van der Waals surface area contributed by atoms with E-state index < -0.39 is 28.9 Å². The fourth-order valence-electron chi connectivity index (χ4n) is 4.21. The minimum atomic E-state index is -4.17. The first kappa shape index (κ1) is 27.7. The summed E-state index contributed by atoms with van der Waals surface area (Å²) in [6.45, 7) is 3.07. The van der Waals surface area contributed by atoms with E-state index in [1.165, 1.54) is 42.5 Å². The number of amides is 1. The van der Waals surface area contributed by atoms with Crippen molar-refractivity contribution in [1.82, 2.24) is 9.21 Å². The molecule has 1 fully saturated rings. The summed E-state index contributed by atoms with van der Waals surface area (Å²) >= 11 is 18.3. The van der Waals surface area contributed by atoms with Gasteiger partial charge in [0.2, 0.25) is 15.9 Å². The lowest BCUT2D eigenvalue weighted by atomic mass is 10.1. The number of carbonyl (C=O) groups excluding carboxylic acids is 1. The van der Waals surface area contributed by atoms with Crippen molar-refractivity contribution in [2.75, 3.05) is 37.6 Å². The topological polar surface area (TPSA) is 60.9 Å². The van der Waals surface area contributed by atoms with E-state index in [-0.39, 0.29) is 21.4 Å². The third-order valence-corrected chi connectivity index (χ3v) is 8.95. The van der Waals surface area contributed by atoms with Gasteiger partial charge in [0.1, 0.15) is 5.82 Å². The van der Waals surface area contributed by atoms with E-state index in [0.717, 1.165) is 15.6 Å². The maximum Gasteiger partial charge on any atom is 0.243 e. The van der Waals surface area contributed by atoms with Gasteiger partial charge in [0.25, 0.3) is 0 Å². The Morgan fingerprint density at radius 1 is 0.946 bits per heavy atom. The van der Waals surface area contributed by atoms with E-state index in [2.05, 4.69) is 4.90 Å². The molecule has 0 aromatic heterocycles. The number of hydrogen-bond donors (Lipinski definition) is 0. The number of hydrogen-bond acceptors (Lipinski definition) is 4. The van der Waals surface area contributed by atoms with E-state index >= 15 is 0 Å². The van der Waals surface area contributed by atoms with Crippen LogP contribution in [0.2, 0.25) is 15.1 Å². The van der Waals surface area contributed by atoms with Crippen LogP contribution in [0.25, 0.3) is 0 Å². The van der Waals surface area contributed by atoms with Crippen molar-refractivity contribution in [2.24, 2.45) is 0 Å². The summed E-state index contributed by atoms with van der Waals surface area (Å²) in [6, 6.07) is 15.4. The van der Waals surface area contributed by atoms with Gasteiger partial charge >= 0.3 is 0 Å². The number of aryl methyl sites for hydroxylation is 1. The molecule has 37 heavy (non-hydrogen) atoms. The van der Waals surface area contributed by atoms with Gasteiger partial charge in [-0.3, -0.25) is 4.79 Å². The Morgan fingerprint density at radius 2 is 1.59 bits per heavy atom. The number of benzene rings is 3. The van der Waals surface area contributed by atoms with Gasteiger partial charge in [-0.25, -0.2) is 12.8 Å². The lowest BCUT2D eigenvalue weighted by molar-refractivity contribution is -0.131. The summed E-state index contributed by atoms with van der Waals surface area (Å²) in [7, 11) is -4.17. The molecular formula is C26H25Cl3FN3O3S. The molecule has 0 bridgehead atoms. The fraction of sp³-hybridized carbons (Fsp3) is 0.269. The molecular weight excluding hydrogens is 560 g/mol. The lowest BCUT2D eigenvalue weighted by Crippen LogP contribution is -2.52. The largest absolute Gasteiger partial charge is 0.368 e. The molecule has 0 aliphatic carbocycles. The standard InChI is InChI=1S/C26H25Cl3FN3O3S/c1-18-5-6-20(28)15-25(18)31-11-13-32(14-12-31)26(34)17-33(16-22-23(29)3-2-4-24(22)30)37(35,36)21-9-7-19(27)8-10-21/h2-10,15H,11-14,16-17H2,1H3. The van der Waals surface area contributed by atoms with Gasteiger partial charge in [0, 0.05) is 59.0 Å². The van der Waals surface area contributed by atoms with Crippen LogP contribution >= 0.6 is 34.8 Å². The maximum atomic E-state index is 14.6. The number of rotatable bonds is 7. The van der Waals surface area contributed by atoms with E-state index in [0.29, 0.717) is 36.2 Å². The first-order valence-electron chi connectivity index (χ1n) is 11.5. The zero-order valence-corrected chi connectivity index (χ0v) is 23.1. The molecule has 4 rings (SSSR count). The van der Waals surface area contributed by atoms with E-state index in [1.54, 1.807) is 4.90 Å². The fourth-order valence-corrected chi connectivity index (χ4v) is 6.08. The van der Waals surface area contributed by atoms with E-state index in [9.17, 15) is 17.6 Å². The van der Waals surface area contributed by atoms with Crippen molar-refractivity contribution in [3.63, 3.8) is 0 Å². The van der Waals surface area contributed by atoms with Gasteiger partial charge in [-0.1, -0.05) is 46.9 Å². The van der Waals surface area contributed by atoms with Gasteiger partial charge < -0.3 is 9.80 Å². The minimum Gasteiger partial charge on any atom is -0.368 e. The summed E-state index contributed by atoms with van der Waals surface area (Å²) in [5.41, 5.74) is 2.07. The van der Waals surface area contributed by atoms with Gasteiger partial charge in [0.15, 0.2) is 0 Å². The molecule has 1 heterocycles. The average Bonchev–Trinajstić information content (AvgIpc) is 2.87. The number of anilines is 1. The molecule has 0 atom stereocenters. The Morgan fingerprint density at radius 3 is 2.24 bits per heavy atom. The lowest BCUT2D eigenvalue weighted by Gasteiger charge is -2.37. The van der Waals surface area contributed by atoms with Gasteiger partial charge in [-0.15, -0.1) is 0 Å². The van der Waals surface area contributed by atoms with Crippen LogP contribution in [-0.2, 0) is 21.4 Å². The minimum absolute atomic E-state index is 0.00393. The molecule has 0 N–H and O–H groups in total. The Bertz CT molecular complexity index is 1380. The summed E-state index contributed by atoms with van der Waals surface area (Å²) in [4.78, 5) is 17.0.